The van der Waals surface area contributed by atoms with E-state index in [0.717, 1.165) is 16.0 Å². The van der Waals surface area contributed by atoms with Gasteiger partial charge in [0.25, 0.3) is 11.8 Å². The van der Waals surface area contributed by atoms with Crippen LogP contribution in [0.4, 0.5) is 0 Å². The van der Waals surface area contributed by atoms with Gasteiger partial charge in [0.15, 0.2) is 11.5 Å². The molecule has 7 heteroatoms. The molecule has 0 fully saturated rings. The quantitative estimate of drug-likeness (QED) is 0.745. The van der Waals surface area contributed by atoms with Gasteiger partial charge < -0.3 is 14.4 Å². The summed E-state index contributed by atoms with van der Waals surface area (Å²) in [4.78, 5) is 40.9. The zero-order valence-electron chi connectivity index (χ0n) is 16.6. The van der Waals surface area contributed by atoms with Crippen LogP contribution in [0.25, 0.3) is 0 Å². The lowest BCUT2D eigenvalue weighted by Crippen LogP contribution is -2.46. The first kappa shape index (κ1) is 19.0. The Kier molecular flexibility index (Phi) is 4.74. The molecule has 0 saturated heterocycles. The summed E-state index contributed by atoms with van der Waals surface area (Å²) in [6.45, 7) is 2.18. The maximum absolute atomic E-state index is 13.0. The SMILES string of the molecule is COc1cc2c(cc1OC)[C@H](C)N(C(=O)CN1C(=O)c3ccccc3C1=O)CC2. The van der Waals surface area contributed by atoms with Gasteiger partial charge in [0.1, 0.15) is 6.54 Å². The molecule has 2 aromatic carbocycles. The first-order chi connectivity index (χ1) is 14.0. The first-order valence-corrected chi connectivity index (χ1v) is 9.45. The lowest BCUT2D eigenvalue weighted by molar-refractivity contribution is -0.134. The molecule has 1 atom stereocenters. The monoisotopic (exact) mass is 394 g/mol. The Hall–Kier alpha value is -3.35. The first-order valence-electron chi connectivity index (χ1n) is 9.45. The molecule has 0 spiro atoms. The van der Waals surface area contributed by atoms with Gasteiger partial charge in [0.05, 0.1) is 31.4 Å². The van der Waals surface area contributed by atoms with Gasteiger partial charge in [-0.3, -0.25) is 19.3 Å². The highest BCUT2D eigenvalue weighted by Gasteiger charge is 2.38. The van der Waals surface area contributed by atoms with E-state index in [-0.39, 0.29) is 18.5 Å². The van der Waals surface area contributed by atoms with E-state index >= 15 is 0 Å². The average Bonchev–Trinajstić information content (AvgIpc) is 2.98. The van der Waals surface area contributed by atoms with Crippen LogP contribution in [-0.4, -0.2) is 54.8 Å². The van der Waals surface area contributed by atoms with Crippen LogP contribution in [0.1, 0.15) is 44.8 Å². The Morgan fingerprint density at radius 3 is 2.21 bits per heavy atom. The third kappa shape index (κ3) is 3.03. The number of methoxy groups -OCH3 is 2. The molecule has 7 nitrogen and oxygen atoms in total. The fraction of sp³-hybridized carbons (Fsp3) is 0.318. The zero-order valence-corrected chi connectivity index (χ0v) is 16.6. The summed E-state index contributed by atoms with van der Waals surface area (Å²) >= 11 is 0. The number of imide groups is 1. The van der Waals surface area contributed by atoms with E-state index < -0.39 is 11.8 Å². The molecule has 150 valence electrons. The van der Waals surface area contributed by atoms with Gasteiger partial charge in [-0.05, 0) is 48.7 Å². The van der Waals surface area contributed by atoms with Crippen molar-refractivity contribution in [2.75, 3.05) is 27.3 Å². The van der Waals surface area contributed by atoms with Crippen LogP contribution in [0, 0.1) is 0 Å². The maximum atomic E-state index is 13.0. The standard InChI is InChI=1S/C22H22N2O5/c1-13-17-11-19(29-3)18(28-2)10-14(17)8-9-23(13)20(25)12-24-21(26)15-6-4-5-7-16(15)22(24)27/h4-7,10-11,13H,8-9,12H2,1-3H3/t13-/m0/s1. The summed E-state index contributed by atoms with van der Waals surface area (Å²) in [5.41, 5.74) is 2.77. The lowest BCUT2D eigenvalue weighted by atomic mass is 9.92. The third-order valence-electron chi connectivity index (χ3n) is 5.68. The van der Waals surface area contributed by atoms with Crippen LogP contribution in [0.15, 0.2) is 36.4 Å². The molecule has 0 unspecified atom stereocenters. The molecule has 0 bridgehead atoms. The van der Waals surface area contributed by atoms with Crippen LogP contribution < -0.4 is 9.47 Å². The van der Waals surface area contributed by atoms with Crippen LogP contribution in [0.2, 0.25) is 0 Å². The molecule has 29 heavy (non-hydrogen) atoms. The number of ether oxygens (including phenoxy) is 2. The van der Waals surface area contributed by atoms with Crippen LogP contribution >= 0.6 is 0 Å². The fourth-order valence-electron chi connectivity index (χ4n) is 4.09. The van der Waals surface area contributed by atoms with Crippen LogP contribution in [0.3, 0.4) is 0 Å². The molecule has 0 N–H and O–H groups in total. The maximum Gasteiger partial charge on any atom is 0.262 e. The van der Waals surface area contributed by atoms with Crippen LogP contribution in [-0.2, 0) is 11.2 Å². The van der Waals surface area contributed by atoms with Gasteiger partial charge in [-0.15, -0.1) is 0 Å². The van der Waals surface area contributed by atoms with Gasteiger partial charge in [0, 0.05) is 6.54 Å². The van der Waals surface area contributed by atoms with E-state index in [1.807, 2.05) is 19.1 Å². The van der Waals surface area contributed by atoms with E-state index in [0.29, 0.717) is 35.6 Å². The topological polar surface area (TPSA) is 76.2 Å². The molecule has 2 aliphatic rings. The smallest absolute Gasteiger partial charge is 0.262 e. The predicted octanol–water partition coefficient (Wildman–Crippen LogP) is 2.45. The lowest BCUT2D eigenvalue weighted by Gasteiger charge is -2.36. The minimum absolute atomic E-state index is 0.207. The molecule has 2 aliphatic heterocycles. The number of rotatable bonds is 4. The molecule has 2 heterocycles. The van der Waals surface area contributed by atoms with Crippen molar-refractivity contribution in [2.45, 2.75) is 19.4 Å². The number of benzene rings is 2. The second kappa shape index (κ2) is 7.24. The second-order valence-electron chi connectivity index (χ2n) is 7.16. The number of amides is 3. The molecular weight excluding hydrogens is 372 g/mol. The number of nitrogens with zero attached hydrogens (tertiary/aromatic N) is 2. The number of fused-ring (bicyclic) bond motifs is 2. The number of hydrogen-bond donors (Lipinski definition) is 0. The highest BCUT2D eigenvalue weighted by atomic mass is 16.5. The number of carbonyl (C=O) groups is 3. The summed E-state index contributed by atoms with van der Waals surface area (Å²) in [5.74, 6) is 0.162. The summed E-state index contributed by atoms with van der Waals surface area (Å²) < 4.78 is 10.8. The number of hydrogen-bond acceptors (Lipinski definition) is 5. The summed E-state index contributed by atoms with van der Waals surface area (Å²) in [6, 6.07) is 10.3. The van der Waals surface area contributed by atoms with Crippen molar-refractivity contribution in [3.05, 3.63) is 58.7 Å². The molecular formula is C22H22N2O5. The van der Waals surface area contributed by atoms with Crippen molar-refractivity contribution in [1.29, 1.82) is 0 Å². The minimum atomic E-state index is -0.421. The largest absolute Gasteiger partial charge is 0.493 e. The Labute approximate surface area is 168 Å². The number of carbonyl (C=O) groups excluding carboxylic acids is 3. The van der Waals surface area contributed by atoms with Gasteiger partial charge in [0.2, 0.25) is 5.91 Å². The Morgan fingerprint density at radius 1 is 1.03 bits per heavy atom. The Balaban J connectivity index is 1.55. The van der Waals surface area contributed by atoms with Gasteiger partial charge in [-0.1, -0.05) is 12.1 Å². The third-order valence-corrected chi connectivity index (χ3v) is 5.68. The van der Waals surface area contributed by atoms with E-state index in [1.54, 1.807) is 43.4 Å². The van der Waals surface area contributed by atoms with Gasteiger partial charge in [-0.2, -0.15) is 0 Å². The minimum Gasteiger partial charge on any atom is -0.493 e. The predicted molar refractivity (Wildman–Crippen MR) is 105 cm³/mol. The molecule has 0 aliphatic carbocycles. The van der Waals surface area contributed by atoms with Crippen molar-refractivity contribution in [2.24, 2.45) is 0 Å². The summed E-state index contributed by atoms with van der Waals surface area (Å²) in [5, 5.41) is 0. The summed E-state index contributed by atoms with van der Waals surface area (Å²) in [6.07, 6.45) is 0.661. The average molecular weight is 394 g/mol. The van der Waals surface area contributed by atoms with E-state index in [9.17, 15) is 14.4 Å². The van der Waals surface area contributed by atoms with Gasteiger partial charge in [-0.25, -0.2) is 0 Å². The molecule has 0 saturated carbocycles. The van der Waals surface area contributed by atoms with Crippen molar-refractivity contribution >= 4 is 17.7 Å². The highest BCUT2D eigenvalue weighted by molar-refractivity contribution is 6.22. The van der Waals surface area contributed by atoms with Crippen molar-refractivity contribution < 1.29 is 23.9 Å². The van der Waals surface area contributed by atoms with Crippen molar-refractivity contribution in [3.63, 3.8) is 0 Å². The fourth-order valence-corrected chi connectivity index (χ4v) is 4.09. The van der Waals surface area contributed by atoms with E-state index in [2.05, 4.69) is 0 Å². The van der Waals surface area contributed by atoms with Crippen LogP contribution in [0.5, 0.6) is 11.5 Å². The molecule has 0 aromatic heterocycles. The normalized spacial score (nSPS) is 17.8. The van der Waals surface area contributed by atoms with Crippen molar-refractivity contribution in [1.82, 2.24) is 9.80 Å². The second-order valence-corrected chi connectivity index (χ2v) is 7.16. The molecule has 0 radical (unpaired) electrons. The Bertz CT molecular complexity index is 981. The molecule has 2 aromatic rings. The van der Waals surface area contributed by atoms with Gasteiger partial charge >= 0.3 is 0 Å². The summed E-state index contributed by atoms with van der Waals surface area (Å²) in [7, 11) is 3.16. The zero-order chi connectivity index (χ0) is 20.7. The highest BCUT2D eigenvalue weighted by Crippen LogP contribution is 2.38. The van der Waals surface area contributed by atoms with E-state index in [1.165, 1.54) is 0 Å². The Morgan fingerprint density at radius 2 is 1.62 bits per heavy atom. The molecule has 3 amide bonds. The van der Waals surface area contributed by atoms with E-state index in [4.69, 9.17) is 9.47 Å². The molecule has 4 rings (SSSR count). The van der Waals surface area contributed by atoms with Crippen molar-refractivity contribution in [3.8, 4) is 11.5 Å².